The summed E-state index contributed by atoms with van der Waals surface area (Å²) in [7, 11) is 0. The zero-order valence-corrected chi connectivity index (χ0v) is 13.5. The lowest BCUT2D eigenvalue weighted by atomic mass is 9.92. The molecule has 2 aromatic rings. The highest BCUT2D eigenvalue weighted by Crippen LogP contribution is 2.28. The lowest BCUT2D eigenvalue weighted by Gasteiger charge is -2.25. The molecule has 0 aliphatic heterocycles. The van der Waals surface area contributed by atoms with Crippen molar-refractivity contribution in [3.05, 3.63) is 39.4 Å². The molecule has 0 radical (unpaired) electrons. The maximum absolute atomic E-state index is 4.79. The summed E-state index contributed by atoms with van der Waals surface area (Å²) in [5.74, 6) is 0.898. The van der Waals surface area contributed by atoms with Crippen LogP contribution in [0.5, 0.6) is 0 Å². The third kappa shape index (κ3) is 3.47. The number of nitrogens with one attached hydrogen (secondary N) is 1. The van der Waals surface area contributed by atoms with Gasteiger partial charge in [-0.2, -0.15) is 0 Å². The molecular weight excluding hydrogens is 280 g/mol. The summed E-state index contributed by atoms with van der Waals surface area (Å²) in [6.45, 7) is 5.29. The summed E-state index contributed by atoms with van der Waals surface area (Å²) in [6.07, 6.45) is 7.41. The first-order chi connectivity index (χ1) is 10.3. The van der Waals surface area contributed by atoms with Crippen LogP contribution in [-0.4, -0.2) is 21.5 Å². The lowest BCUT2D eigenvalue weighted by Crippen LogP contribution is -2.27. The van der Waals surface area contributed by atoms with Gasteiger partial charge in [-0.1, -0.05) is 6.92 Å². The number of rotatable bonds is 5. The van der Waals surface area contributed by atoms with Gasteiger partial charge >= 0.3 is 0 Å². The van der Waals surface area contributed by atoms with Gasteiger partial charge in [0.15, 0.2) is 0 Å². The van der Waals surface area contributed by atoms with E-state index in [0.717, 1.165) is 42.3 Å². The van der Waals surface area contributed by atoms with E-state index in [1.54, 1.807) is 11.3 Å². The average molecular weight is 302 g/mol. The van der Waals surface area contributed by atoms with Crippen molar-refractivity contribution in [2.24, 2.45) is 0 Å². The van der Waals surface area contributed by atoms with Crippen LogP contribution in [0.2, 0.25) is 0 Å². The SMILES string of the molecule is CCCNC1CCCc2nc(Cc3csc(C)n3)ncc21. The van der Waals surface area contributed by atoms with Gasteiger partial charge in [-0.25, -0.2) is 15.0 Å². The molecule has 2 aromatic heterocycles. The Hall–Kier alpha value is -1.33. The first kappa shape index (κ1) is 14.6. The van der Waals surface area contributed by atoms with Gasteiger partial charge < -0.3 is 5.32 Å². The molecule has 0 saturated heterocycles. The molecule has 1 aliphatic carbocycles. The summed E-state index contributed by atoms with van der Waals surface area (Å²) < 4.78 is 0. The van der Waals surface area contributed by atoms with Crippen LogP contribution in [-0.2, 0) is 12.8 Å². The summed E-state index contributed by atoms with van der Waals surface area (Å²) >= 11 is 1.69. The van der Waals surface area contributed by atoms with Crippen LogP contribution >= 0.6 is 11.3 Å². The molecule has 0 bridgehead atoms. The van der Waals surface area contributed by atoms with Gasteiger partial charge in [0, 0.05) is 28.9 Å². The van der Waals surface area contributed by atoms with E-state index >= 15 is 0 Å². The minimum Gasteiger partial charge on any atom is -0.310 e. The molecule has 0 fully saturated rings. The fourth-order valence-corrected chi connectivity index (χ4v) is 3.47. The number of aryl methyl sites for hydroxylation is 2. The molecule has 1 N–H and O–H groups in total. The normalized spacial score (nSPS) is 17.7. The van der Waals surface area contributed by atoms with Crippen LogP contribution in [0.15, 0.2) is 11.6 Å². The Morgan fingerprint density at radius 3 is 3.05 bits per heavy atom. The second-order valence-corrected chi connectivity index (χ2v) is 6.68. The van der Waals surface area contributed by atoms with Crippen molar-refractivity contribution in [1.82, 2.24) is 20.3 Å². The molecule has 1 aliphatic rings. The number of nitrogens with zero attached hydrogens (tertiary/aromatic N) is 3. The highest BCUT2D eigenvalue weighted by atomic mass is 32.1. The second-order valence-electron chi connectivity index (χ2n) is 5.62. The fraction of sp³-hybridized carbons (Fsp3) is 0.562. The molecule has 0 spiro atoms. The van der Waals surface area contributed by atoms with E-state index in [1.165, 1.54) is 24.1 Å². The number of thiazole rings is 1. The number of hydrogen-bond donors (Lipinski definition) is 1. The Labute approximate surface area is 130 Å². The van der Waals surface area contributed by atoms with Gasteiger partial charge in [0.1, 0.15) is 5.82 Å². The predicted octanol–water partition coefficient (Wildman–Crippen LogP) is 3.21. The first-order valence-corrected chi connectivity index (χ1v) is 8.63. The van der Waals surface area contributed by atoms with Crippen molar-refractivity contribution in [2.75, 3.05) is 6.54 Å². The number of hydrogen-bond acceptors (Lipinski definition) is 5. The van der Waals surface area contributed by atoms with E-state index in [2.05, 4.69) is 27.6 Å². The van der Waals surface area contributed by atoms with Crippen molar-refractivity contribution in [2.45, 2.75) is 52.0 Å². The van der Waals surface area contributed by atoms with E-state index in [9.17, 15) is 0 Å². The quantitative estimate of drug-likeness (QED) is 0.921. The molecule has 1 atom stereocenters. The van der Waals surface area contributed by atoms with Gasteiger partial charge in [0.2, 0.25) is 0 Å². The van der Waals surface area contributed by atoms with Crippen molar-refractivity contribution >= 4 is 11.3 Å². The smallest absolute Gasteiger partial charge is 0.134 e. The standard InChI is InChI=1S/C16H22N4S/c1-3-7-17-14-5-4-6-15-13(14)9-18-16(20-15)8-12-10-21-11(2)19-12/h9-10,14,17H,3-8H2,1-2H3. The summed E-state index contributed by atoms with van der Waals surface area (Å²) in [5.41, 5.74) is 3.61. The van der Waals surface area contributed by atoms with Gasteiger partial charge in [0.25, 0.3) is 0 Å². The summed E-state index contributed by atoms with van der Waals surface area (Å²) in [4.78, 5) is 13.9. The topological polar surface area (TPSA) is 50.7 Å². The summed E-state index contributed by atoms with van der Waals surface area (Å²) in [6, 6.07) is 0.435. The molecule has 112 valence electrons. The van der Waals surface area contributed by atoms with Crippen LogP contribution in [0.25, 0.3) is 0 Å². The van der Waals surface area contributed by atoms with E-state index in [0.29, 0.717) is 6.04 Å². The first-order valence-electron chi connectivity index (χ1n) is 7.75. The largest absolute Gasteiger partial charge is 0.310 e. The molecule has 2 heterocycles. The van der Waals surface area contributed by atoms with Gasteiger partial charge in [0.05, 0.1) is 17.1 Å². The monoisotopic (exact) mass is 302 g/mol. The van der Waals surface area contributed by atoms with E-state index in [4.69, 9.17) is 4.98 Å². The Kier molecular flexibility index (Phi) is 4.60. The lowest BCUT2D eigenvalue weighted by molar-refractivity contribution is 0.452. The Morgan fingerprint density at radius 2 is 2.29 bits per heavy atom. The third-order valence-corrected chi connectivity index (χ3v) is 4.70. The van der Waals surface area contributed by atoms with Gasteiger partial charge in [-0.05, 0) is 39.2 Å². The molecule has 4 nitrogen and oxygen atoms in total. The third-order valence-electron chi connectivity index (χ3n) is 3.88. The summed E-state index contributed by atoms with van der Waals surface area (Å²) in [5, 5.41) is 6.81. The zero-order chi connectivity index (χ0) is 14.7. The van der Waals surface area contributed by atoms with Crippen molar-refractivity contribution in [1.29, 1.82) is 0 Å². The Bertz CT molecular complexity index is 608. The molecular formula is C16H22N4S. The maximum atomic E-state index is 4.79. The Balaban J connectivity index is 1.77. The van der Waals surface area contributed by atoms with Crippen molar-refractivity contribution in [3.63, 3.8) is 0 Å². The van der Waals surface area contributed by atoms with Crippen LogP contribution in [0.4, 0.5) is 0 Å². The fourth-order valence-electron chi connectivity index (χ4n) is 2.86. The zero-order valence-electron chi connectivity index (χ0n) is 12.7. The average Bonchev–Trinajstić information content (AvgIpc) is 2.90. The van der Waals surface area contributed by atoms with Gasteiger partial charge in [-0.15, -0.1) is 11.3 Å². The van der Waals surface area contributed by atoms with E-state index in [-0.39, 0.29) is 0 Å². The van der Waals surface area contributed by atoms with E-state index < -0.39 is 0 Å². The van der Waals surface area contributed by atoms with E-state index in [1.807, 2.05) is 13.1 Å². The molecule has 1 unspecified atom stereocenters. The minimum atomic E-state index is 0.435. The van der Waals surface area contributed by atoms with Crippen molar-refractivity contribution < 1.29 is 0 Å². The Morgan fingerprint density at radius 1 is 1.38 bits per heavy atom. The number of aromatic nitrogens is 3. The molecule has 3 rings (SSSR count). The molecule has 21 heavy (non-hydrogen) atoms. The maximum Gasteiger partial charge on any atom is 0.134 e. The second kappa shape index (κ2) is 6.62. The molecule has 5 heteroatoms. The van der Waals surface area contributed by atoms with Crippen LogP contribution in [0.1, 0.15) is 60.0 Å². The predicted molar refractivity (Wildman–Crippen MR) is 85.7 cm³/mol. The van der Waals surface area contributed by atoms with Crippen LogP contribution in [0.3, 0.4) is 0 Å². The van der Waals surface area contributed by atoms with Crippen LogP contribution in [0, 0.1) is 6.92 Å². The highest BCUT2D eigenvalue weighted by Gasteiger charge is 2.21. The molecule has 0 aromatic carbocycles. The van der Waals surface area contributed by atoms with Crippen LogP contribution < -0.4 is 5.32 Å². The molecule has 0 saturated carbocycles. The number of fused-ring (bicyclic) bond motifs is 1. The molecule has 0 amide bonds. The van der Waals surface area contributed by atoms with Gasteiger partial charge in [-0.3, -0.25) is 0 Å². The highest BCUT2D eigenvalue weighted by molar-refractivity contribution is 7.09. The minimum absolute atomic E-state index is 0.435. The van der Waals surface area contributed by atoms with Crippen molar-refractivity contribution in [3.8, 4) is 0 Å².